The molecule has 1 N–H and O–H groups in total. The Morgan fingerprint density at radius 3 is 2.67 bits per heavy atom. The third kappa shape index (κ3) is 2.49. The molecule has 0 unspecified atom stereocenters. The molecule has 4 nitrogen and oxygen atoms in total. The van der Waals surface area contributed by atoms with Crippen LogP contribution in [0.1, 0.15) is 5.89 Å². The molecule has 0 saturated heterocycles. The topological polar surface area (TPSA) is 61.9 Å². The molecule has 0 fully saturated rings. The number of para-hydroxylation sites is 2. The van der Waals surface area contributed by atoms with E-state index in [0.717, 1.165) is 22.0 Å². The number of nitrogens with zero attached hydrogens (tertiary/aromatic N) is 2. The monoisotopic (exact) mass is 311 g/mol. The van der Waals surface area contributed by atoms with Gasteiger partial charge in [-0.25, -0.2) is 4.98 Å². The van der Waals surface area contributed by atoms with Crippen molar-refractivity contribution in [3.05, 3.63) is 78.8 Å². The fourth-order valence-electron chi connectivity index (χ4n) is 2.63. The molecule has 0 saturated carbocycles. The molecule has 3 aromatic carbocycles. The van der Waals surface area contributed by atoms with Crippen molar-refractivity contribution in [2.24, 2.45) is 0 Å². The first-order chi connectivity index (χ1) is 11.8. The van der Waals surface area contributed by atoms with Gasteiger partial charge in [0.2, 0.25) is 5.89 Å². The number of fused-ring (bicyclic) bond motifs is 2. The minimum Gasteiger partial charge on any atom is -0.435 e. The van der Waals surface area contributed by atoms with Crippen molar-refractivity contribution in [3.63, 3.8) is 0 Å². The van der Waals surface area contributed by atoms with Crippen LogP contribution in [-0.2, 0) is 0 Å². The van der Waals surface area contributed by atoms with Gasteiger partial charge in [-0.15, -0.1) is 0 Å². The molecule has 1 heterocycles. The largest absolute Gasteiger partial charge is 0.435 e. The van der Waals surface area contributed by atoms with Crippen LogP contribution in [0.25, 0.3) is 27.4 Å². The van der Waals surface area contributed by atoms with Gasteiger partial charge in [-0.2, -0.15) is 5.26 Å². The summed E-state index contributed by atoms with van der Waals surface area (Å²) >= 11 is 0. The normalized spacial score (nSPS) is 11.5. The standard InChI is InChI=1S/C20H13N3O/c21-12-15(20-23-18-9-3-4-11-19(18)24-20)13-22-17-10-5-7-14-6-1-2-8-16(14)17/h1-11,13,22H/b15-13+. The second-order valence-corrected chi connectivity index (χ2v) is 5.33. The highest BCUT2D eigenvalue weighted by atomic mass is 16.3. The van der Waals surface area contributed by atoms with E-state index in [4.69, 9.17) is 4.42 Å². The summed E-state index contributed by atoms with van der Waals surface area (Å²) in [6.07, 6.45) is 1.63. The SMILES string of the molecule is N#C/C(=C\Nc1cccc2ccccc12)c1nc2ccccc2o1. The molecule has 24 heavy (non-hydrogen) atoms. The number of hydrogen-bond acceptors (Lipinski definition) is 4. The van der Waals surface area contributed by atoms with Crippen molar-refractivity contribution in [3.8, 4) is 6.07 Å². The third-order valence-electron chi connectivity index (χ3n) is 3.81. The van der Waals surface area contributed by atoms with Crippen molar-refractivity contribution < 1.29 is 4.42 Å². The highest BCUT2D eigenvalue weighted by Crippen LogP contribution is 2.25. The van der Waals surface area contributed by atoms with E-state index in [-0.39, 0.29) is 0 Å². The number of nitrogens with one attached hydrogen (secondary N) is 1. The fraction of sp³-hybridized carbons (Fsp3) is 0. The molecule has 0 aliphatic carbocycles. The summed E-state index contributed by atoms with van der Waals surface area (Å²) in [6.45, 7) is 0. The van der Waals surface area contributed by atoms with Crippen molar-refractivity contribution in [2.45, 2.75) is 0 Å². The molecule has 0 bridgehead atoms. The Hall–Kier alpha value is -3.58. The molecule has 0 aliphatic rings. The number of oxazole rings is 1. The quantitative estimate of drug-likeness (QED) is 0.543. The summed E-state index contributed by atoms with van der Waals surface area (Å²) in [5, 5.41) is 14.9. The predicted molar refractivity (Wildman–Crippen MR) is 95.2 cm³/mol. The van der Waals surface area contributed by atoms with Crippen LogP contribution in [0.4, 0.5) is 5.69 Å². The van der Waals surface area contributed by atoms with Crippen LogP contribution < -0.4 is 5.32 Å². The molecule has 0 radical (unpaired) electrons. The lowest BCUT2D eigenvalue weighted by molar-refractivity contribution is 0.586. The van der Waals surface area contributed by atoms with Gasteiger partial charge in [-0.3, -0.25) is 0 Å². The molecular weight excluding hydrogens is 298 g/mol. The minimum absolute atomic E-state index is 0.312. The van der Waals surface area contributed by atoms with Crippen molar-refractivity contribution in [2.75, 3.05) is 5.32 Å². The van der Waals surface area contributed by atoms with Gasteiger partial charge in [0.25, 0.3) is 0 Å². The summed E-state index contributed by atoms with van der Waals surface area (Å²) < 4.78 is 5.66. The molecule has 114 valence electrons. The van der Waals surface area contributed by atoms with Gasteiger partial charge in [0.05, 0.1) is 0 Å². The first kappa shape index (κ1) is 14.0. The molecule has 4 aromatic rings. The number of hydrogen-bond donors (Lipinski definition) is 1. The zero-order valence-electron chi connectivity index (χ0n) is 12.7. The molecular formula is C20H13N3O. The van der Waals surface area contributed by atoms with Gasteiger partial charge < -0.3 is 9.73 Å². The van der Waals surface area contributed by atoms with E-state index in [1.54, 1.807) is 6.20 Å². The second kappa shape index (κ2) is 5.90. The number of nitriles is 1. The summed E-state index contributed by atoms with van der Waals surface area (Å²) in [6, 6.07) is 23.7. The smallest absolute Gasteiger partial charge is 0.239 e. The Morgan fingerprint density at radius 1 is 1.00 bits per heavy atom. The fourth-order valence-corrected chi connectivity index (χ4v) is 2.63. The highest BCUT2D eigenvalue weighted by molar-refractivity contribution is 5.94. The van der Waals surface area contributed by atoms with E-state index in [1.165, 1.54) is 0 Å². The van der Waals surface area contributed by atoms with Gasteiger partial charge in [0.15, 0.2) is 5.58 Å². The van der Waals surface area contributed by atoms with Crippen LogP contribution in [0.3, 0.4) is 0 Å². The van der Waals surface area contributed by atoms with E-state index in [1.807, 2.05) is 54.6 Å². The van der Waals surface area contributed by atoms with E-state index in [2.05, 4.69) is 28.5 Å². The third-order valence-corrected chi connectivity index (χ3v) is 3.81. The summed E-state index contributed by atoms with van der Waals surface area (Å²) in [5.41, 5.74) is 2.67. The molecule has 0 spiro atoms. The van der Waals surface area contributed by atoms with E-state index >= 15 is 0 Å². The number of allylic oxidation sites excluding steroid dienone is 1. The lowest BCUT2D eigenvalue weighted by Gasteiger charge is -2.06. The van der Waals surface area contributed by atoms with E-state index in [0.29, 0.717) is 17.0 Å². The minimum atomic E-state index is 0.312. The number of benzene rings is 3. The molecule has 4 rings (SSSR count). The number of anilines is 1. The second-order valence-electron chi connectivity index (χ2n) is 5.33. The van der Waals surface area contributed by atoms with E-state index in [9.17, 15) is 5.26 Å². The zero-order chi connectivity index (χ0) is 16.4. The first-order valence-electron chi connectivity index (χ1n) is 7.56. The molecule has 0 amide bonds. The van der Waals surface area contributed by atoms with Crippen molar-refractivity contribution in [1.29, 1.82) is 5.26 Å². The molecule has 0 atom stereocenters. The maximum atomic E-state index is 9.44. The van der Waals surface area contributed by atoms with Crippen molar-refractivity contribution >= 4 is 33.1 Å². The highest BCUT2D eigenvalue weighted by Gasteiger charge is 2.10. The maximum absolute atomic E-state index is 9.44. The van der Waals surface area contributed by atoms with Crippen LogP contribution in [0.2, 0.25) is 0 Å². The molecule has 1 aromatic heterocycles. The van der Waals surface area contributed by atoms with Gasteiger partial charge >= 0.3 is 0 Å². The predicted octanol–water partition coefficient (Wildman–Crippen LogP) is 4.96. The van der Waals surface area contributed by atoms with Crippen molar-refractivity contribution in [1.82, 2.24) is 4.98 Å². The first-order valence-corrected chi connectivity index (χ1v) is 7.56. The zero-order valence-corrected chi connectivity index (χ0v) is 12.7. The van der Waals surface area contributed by atoms with Crippen LogP contribution >= 0.6 is 0 Å². The van der Waals surface area contributed by atoms with Crippen LogP contribution in [0.15, 0.2) is 77.3 Å². The Morgan fingerprint density at radius 2 is 1.79 bits per heavy atom. The van der Waals surface area contributed by atoms with Crippen LogP contribution in [0, 0.1) is 11.3 Å². The lowest BCUT2D eigenvalue weighted by Crippen LogP contribution is -1.92. The van der Waals surface area contributed by atoms with Crippen LogP contribution in [0.5, 0.6) is 0 Å². The maximum Gasteiger partial charge on any atom is 0.239 e. The summed E-state index contributed by atoms with van der Waals surface area (Å²) in [5.74, 6) is 0.312. The summed E-state index contributed by atoms with van der Waals surface area (Å²) in [4.78, 5) is 4.36. The Kier molecular flexibility index (Phi) is 3.45. The molecule has 0 aliphatic heterocycles. The van der Waals surface area contributed by atoms with Crippen LogP contribution in [-0.4, -0.2) is 4.98 Å². The number of aromatic nitrogens is 1. The average Bonchev–Trinajstić information content (AvgIpc) is 3.06. The van der Waals surface area contributed by atoms with Gasteiger partial charge in [-0.05, 0) is 23.6 Å². The Labute approximate surface area is 138 Å². The Balaban J connectivity index is 1.71. The van der Waals surface area contributed by atoms with Gasteiger partial charge in [0, 0.05) is 17.3 Å². The van der Waals surface area contributed by atoms with Gasteiger partial charge in [-0.1, -0.05) is 48.5 Å². The summed E-state index contributed by atoms with van der Waals surface area (Å²) in [7, 11) is 0. The number of rotatable bonds is 3. The molecule has 4 heteroatoms. The van der Waals surface area contributed by atoms with Gasteiger partial charge in [0.1, 0.15) is 17.2 Å². The average molecular weight is 311 g/mol. The lowest BCUT2D eigenvalue weighted by atomic mass is 10.1. The van der Waals surface area contributed by atoms with E-state index < -0.39 is 0 Å². The Bertz CT molecular complexity index is 1060.